The van der Waals surface area contributed by atoms with Crippen molar-refractivity contribution in [3.63, 3.8) is 0 Å². The molecule has 5 nitrogen and oxygen atoms in total. The summed E-state index contributed by atoms with van der Waals surface area (Å²) in [5, 5.41) is 12.9. The van der Waals surface area contributed by atoms with Crippen LogP contribution in [0.1, 0.15) is 35.3 Å². The predicted octanol–water partition coefficient (Wildman–Crippen LogP) is 7.11. The summed E-state index contributed by atoms with van der Waals surface area (Å²) in [5.74, 6) is 0.481. The van der Waals surface area contributed by atoms with Crippen molar-refractivity contribution in [2.45, 2.75) is 29.9 Å². The molecule has 3 heterocycles. The summed E-state index contributed by atoms with van der Waals surface area (Å²) in [5.41, 5.74) is 3.71. The van der Waals surface area contributed by atoms with Gasteiger partial charge in [-0.2, -0.15) is 5.10 Å². The summed E-state index contributed by atoms with van der Waals surface area (Å²) in [6, 6.07) is 11.0. The molecule has 2 aromatic carbocycles. The molecule has 2 aliphatic heterocycles. The third-order valence-corrected chi connectivity index (χ3v) is 7.47. The molecule has 0 unspecified atom stereocenters. The number of hydrogen-bond acceptors (Lipinski definition) is 4. The maximum atomic E-state index is 13.9. The molecule has 0 spiro atoms. The zero-order valence-corrected chi connectivity index (χ0v) is 20.8. The number of benzene rings is 2. The summed E-state index contributed by atoms with van der Waals surface area (Å²) < 4.78 is 0. The number of piperidine rings is 1. The lowest BCUT2D eigenvalue weighted by Gasteiger charge is -2.37. The number of H-pyrrole nitrogens is 1. The van der Waals surface area contributed by atoms with Gasteiger partial charge in [-0.3, -0.25) is 9.89 Å². The highest BCUT2D eigenvalue weighted by molar-refractivity contribution is 7.98. The van der Waals surface area contributed by atoms with Crippen LogP contribution in [0.3, 0.4) is 0 Å². The molecule has 10 heteroatoms. The van der Waals surface area contributed by atoms with Gasteiger partial charge in [0.05, 0.1) is 16.4 Å². The number of aromatic nitrogens is 2. The highest BCUT2D eigenvalue weighted by Gasteiger charge is 2.33. The number of halogens is 4. The van der Waals surface area contributed by atoms with Crippen molar-refractivity contribution in [1.29, 1.82) is 0 Å². The van der Waals surface area contributed by atoms with E-state index in [0.29, 0.717) is 32.2 Å². The topological polar surface area (TPSA) is 52.2 Å². The number of anilines is 1. The number of carbonyl (C=O) groups is 1. The normalized spacial score (nSPS) is 15.5. The molecule has 1 saturated heterocycles. The van der Waals surface area contributed by atoms with Crippen molar-refractivity contribution in [2.24, 2.45) is 0 Å². The second kappa shape index (κ2) is 9.84. The maximum Gasteiger partial charge on any atom is 0.291 e. The van der Waals surface area contributed by atoms with Crippen LogP contribution >= 0.6 is 59.0 Å². The Morgan fingerprint density at radius 3 is 2.50 bits per heavy atom. The molecule has 168 valence electrons. The van der Waals surface area contributed by atoms with Crippen molar-refractivity contribution in [3.8, 4) is 11.3 Å². The number of thioether (sulfide) groups is 1. The second-order valence-electron chi connectivity index (χ2n) is 7.58. The first-order valence-electron chi connectivity index (χ1n) is 10.1. The molecule has 1 aromatic heterocycles. The van der Waals surface area contributed by atoms with Gasteiger partial charge in [-0.15, -0.1) is 24.2 Å². The average Bonchev–Trinajstić information content (AvgIpc) is 3.21. The Kier molecular flexibility index (Phi) is 7.30. The first-order chi connectivity index (χ1) is 15.0. The highest BCUT2D eigenvalue weighted by Crippen LogP contribution is 2.43. The standard InChI is InChI=1S/C22H19Cl3N4OS.ClH/c23-13-5-7-19-15(10-13)20-16(12-31-19)21(27-26-20)22(30)29(28-8-2-1-3-9-28)18-6-4-14(24)11-17(18)25;/h4-7,10-11H,1-3,8-9,12H2,(H,26,27);1H. The molecule has 0 bridgehead atoms. The fraction of sp³-hybridized carbons (Fsp3) is 0.273. The van der Waals surface area contributed by atoms with E-state index in [0.717, 1.165) is 54.1 Å². The fourth-order valence-corrected chi connectivity index (χ4v) is 5.81. The van der Waals surface area contributed by atoms with Crippen LogP contribution in [0.2, 0.25) is 15.1 Å². The zero-order valence-electron chi connectivity index (χ0n) is 16.9. The van der Waals surface area contributed by atoms with Crippen LogP contribution in [-0.4, -0.2) is 34.2 Å². The molecule has 1 fully saturated rings. The number of nitrogens with one attached hydrogen (secondary N) is 1. The summed E-state index contributed by atoms with van der Waals surface area (Å²) in [4.78, 5) is 15.0. The minimum atomic E-state index is -0.175. The molecule has 3 aromatic rings. The van der Waals surface area contributed by atoms with E-state index in [1.165, 1.54) is 0 Å². The van der Waals surface area contributed by atoms with Crippen molar-refractivity contribution in [3.05, 3.63) is 62.7 Å². The molecule has 2 aliphatic rings. The molecule has 5 rings (SSSR count). The van der Waals surface area contributed by atoms with E-state index >= 15 is 0 Å². The van der Waals surface area contributed by atoms with E-state index < -0.39 is 0 Å². The van der Waals surface area contributed by atoms with Gasteiger partial charge in [0.2, 0.25) is 0 Å². The number of hydrogen-bond donors (Lipinski definition) is 1. The van der Waals surface area contributed by atoms with E-state index in [-0.39, 0.29) is 18.3 Å². The first kappa shape index (κ1) is 23.7. The Morgan fingerprint density at radius 2 is 1.75 bits per heavy atom. The minimum Gasteiger partial charge on any atom is -0.272 e. The third-order valence-electron chi connectivity index (χ3n) is 5.60. The molecule has 32 heavy (non-hydrogen) atoms. The number of carbonyl (C=O) groups excluding carboxylic acids is 1. The lowest BCUT2D eigenvalue weighted by Crippen LogP contribution is -2.49. The Bertz CT molecular complexity index is 1160. The minimum absolute atomic E-state index is 0. The van der Waals surface area contributed by atoms with Crippen LogP contribution in [0, 0.1) is 0 Å². The van der Waals surface area contributed by atoms with Gasteiger partial charge in [0, 0.05) is 44.9 Å². The highest BCUT2D eigenvalue weighted by atomic mass is 35.5. The van der Waals surface area contributed by atoms with E-state index in [1.54, 1.807) is 35.0 Å². The van der Waals surface area contributed by atoms with E-state index in [2.05, 4.69) is 15.2 Å². The zero-order chi connectivity index (χ0) is 21.5. The smallest absolute Gasteiger partial charge is 0.272 e. The van der Waals surface area contributed by atoms with E-state index in [1.807, 2.05) is 18.2 Å². The number of fused-ring (bicyclic) bond motifs is 3. The number of aromatic amines is 1. The molecule has 0 saturated carbocycles. The average molecular weight is 530 g/mol. The Labute approximate surface area is 211 Å². The van der Waals surface area contributed by atoms with Crippen molar-refractivity contribution in [1.82, 2.24) is 15.2 Å². The summed E-state index contributed by atoms with van der Waals surface area (Å²) in [7, 11) is 0. The van der Waals surface area contributed by atoms with Gasteiger partial charge in [-0.25, -0.2) is 10.0 Å². The predicted molar refractivity (Wildman–Crippen MR) is 135 cm³/mol. The van der Waals surface area contributed by atoms with Crippen molar-refractivity contribution in [2.75, 3.05) is 18.1 Å². The summed E-state index contributed by atoms with van der Waals surface area (Å²) >= 11 is 20.5. The lowest BCUT2D eigenvalue weighted by molar-refractivity contribution is 0.0867. The van der Waals surface area contributed by atoms with E-state index in [9.17, 15) is 4.79 Å². The van der Waals surface area contributed by atoms with Crippen molar-refractivity contribution >= 4 is 70.6 Å². The van der Waals surface area contributed by atoms with Gasteiger partial charge < -0.3 is 0 Å². The molecule has 0 aliphatic carbocycles. The fourth-order valence-electron chi connectivity index (χ4n) is 4.09. The Morgan fingerprint density at radius 1 is 1.03 bits per heavy atom. The molecular formula is C22H20Cl4N4OS. The van der Waals surface area contributed by atoms with Crippen LogP contribution in [0.25, 0.3) is 11.3 Å². The van der Waals surface area contributed by atoms with Crippen molar-refractivity contribution < 1.29 is 4.79 Å². The second-order valence-corrected chi connectivity index (χ2v) is 9.88. The molecule has 1 amide bonds. The summed E-state index contributed by atoms with van der Waals surface area (Å²) in [6.07, 6.45) is 3.20. The molecule has 1 N–H and O–H groups in total. The van der Waals surface area contributed by atoms with Gasteiger partial charge in [0.25, 0.3) is 5.91 Å². The number of amides is 1. The van der Waals surface area contributed by atoms with Crippen LogP contribution in [0.15, 0.2) is 41.3 Å². The molecule has 0 radical (unpaired) electrons. The SMILES string of the molecule is Cl.O=C(c1[nH]nc2c1CSc1ccc(Cl)cc1-2)N(c1ccc(Cl)cc1Cl)N1CCCCC1. The molecular weight excluding hydrogens is 510 g/mol. The van der Waals surface area contributed by atoms with Gasteiger partial charge in [0.15, 0.2) is 0 Å². The Hall–Kier alpha value is -1.41. The third kappa shape index (κ3) is 4.37. The molecule has 0 atom stereocenters. The monoisotopic (exact) mass is 528 g/mol. The quantitative estimate of drug-likeness (QED) is 0.392. The van der Waals surface area contributed by atoms with Gasteiger partial charge in [0.1, 0.15) is 5.69 Å². The van der Waals surface area contributed by atoms with Gasteiger partial charge in [-0.1, -0.05) is 41.2 Å². The largest absolute Gasteiger partial charge is 0.291 e. The van der Waals surface area contributed by atoms with Gasteiger partial charge in [-0.05, 0) is 49.2 Å². The number of rotatable bonds is 3. The first-order valence-corrected chi connectivity index (χ1v) is 12.2. The maximum absolute atomic E-state index is 13.9. The van der Waals surface area contributed by atoms with Crippen LogP contribution in [-0.2, 0) is 5.75 Å². The van der Waals surface area contributed by atoms with Crippen LogP contribution < -0.4 is 5.01 Å². The lowest BCUT2D eigenvalue weighted by atomic mass is 10.1. The van der Waals surface area contributed by atoms with Crippen LogP contribution in [0.4, 0.5) is 5.69 Å². The summed E-state index contributed by atoms with van der Waals surface area (Å²) in [6.45, 7) is 1.57. The number of hydrazine groups is 1. The van der Waals surface area contributed by atoms with Gasteiger partial charge >= 0.3 is 0 Å². The van der Waals surface area contributed by atoms with E-state index in [4.69, 9.17) is 34.8 Å². The Balaban J connectivity index is 0.00000245. The van der Waals surface area contributed by atoms with Crippen LogP contribution in [0.5, 0.6) is 0 Å². The number of nitrogens with zero attached hydrogens (tertiary/aromatic N) is 3.